The number of halogens is 4. The highest BCUT2D eigenvalue weighted by Gasteiger charge is 2.46. The van der Waals surface area contributed by atoms with Gasteiger partial charge in [-0.15, -0.1) is 0 Å². The number of aryl methyl sites for hydroxylation is 3. The number of aromatic nitrogens is 4. The van der Waals surface area contributed by atoms with Crippen LogP contribution >= 0.6 is 55.1 Å². The molecule has 2 atom stereocenters. The minimum atomic E-state index is -0.391. The second kappa shape index (κ2) is 16.4. The van der Waals surface area contributed by atoms with Crippen molar-refractivity contribution in [3.05, 3.63) is 95.3 Å². The molecule has 48 heavy (non-hydrogen) atoms. The second-order valence-electron chi connectivity index (χ2n) is 11.2. The first-order valence-electron chi connectivity index (χ1n) is 14.8. The maximum Gasteiger partial charge on any atom is 0.332 e. The molecule has 2 aromatic carbocycles. The fraction of sp³-hybridized carbons (Fsp3) is 0.375. The largest absolute Gasteiger partial charge is 0.384 e. The summed E-state index contributed by atoms with van der Waals surface area (Å²) in [5, 5.41) is 1.47. The summed E-state index contributed by atoms with van der Waals surface area (Å²) in [5.41, 5.74) is 2.41. The lowest BCUT2D eigenvalue weighted by atomic mass is 10.0. The monoisotopic (exact) mass is 825 g/mol. The van der Waals surface area contributed by atoms with Gasteiger partial charge in [-0.2, -0.15) is 0 Å². The molecule has 3 amide bonds. The molecule has 0 aliphatic carbocycles. The van der Waals surface area contributed by atoms with Crippen molar-refractivity contribution >= 4 is 82.8 Å². The number of hydrogen-bond donors (Lipinski definition) is 0. The van der Waals surface area contributed by atoms with Gasteiger partial charge in [-0.05, 0) is 80.1 Å². The third-order valence-corrected chi connectivity index (χ3v) is 9.64. The molecule has 1 fully saturated rings. The molecule has 16 heteroatoms. The standard InChI is InChI=1S/C15H14BrClN4O2.C9H11ClO.C8H10BrN3O2/c1-19-12-11(13(22)20(2)15(19)23)21(14(16)18-12)8-7-9-3-5-10(17)6-4-9;1-11-7-6-8-2-4-9(10)5-3-8;1-11-6-4(3-5(9)10-6)7(13)12(2)8(11)14/h3-6H,7-8H2,1-2H3;2-5H,6-7H2,1H3;4,6H,3H2,1-2H3. The van der Waals surface area contributed by atoms with Crippen LogP contribution in [0.3, 0.4) is 0 Å². The van der Waals surface area contributed by atoms with Gasteiger partial charge in [-0.1, -0.05) is 47.5 Å². The SMILES string of the molecule is CN1C(=O)C2CC(Br)=NC2N(C)C1=O.COCCc1ccc(Cl)cc1.Cn1c(=O)c2c(nc(Br)n2CCc2ccc(Cl)cc2)n(C)c1=O. The topological polar surface area (TPSA) is 124 Å². The highest BCUT2D eigenvalue weighted by molar-refractivity contribution is 9.18. The number of carbonyl (C=O) groups excluding carboxylic acids is 2. The average Bonchev–Trinajstić information content (AvgIpc) is 3.64. The van der Waals surface area contributed by atoms with Crippen molar-refractivity contribution in [2.45, 2.75) is 32.0 Å². The molecule has 12 nitrogen and oxygen atoms in total. The lowest BCUT2D eigenvalue weighted by Gasteiger charge is -2.36. The highest BCUT2D eigenvalue weighted by Crippen LogP contribution is 2.31. The minimum Gasteiger partial charge on any atom is -0.384 e. The summed E-state index contributed by atoms with van der Waals surface area (Å²) in [7, 11) is 7.94. The van der Waals surface area contributed by atoms with E-state index >= 15 is 0 Å². The van der Waals surface area contributed by atoms with Gasteiger partial charge < -0.3 is 14.2 Å². The number of benzene rings is 2. The van der Waals surface area contributed by atoms with Crippen LogP contribution in [0.2, 0.25) is 10.0 Å². The number of methoxy groups -OCH3 is 1. The van der Waals surface area contributed by atoms with E-state index in [0.29, 0.717) is 40.3 Å². The van der Waals surface area contributed by atoms with Crippen molar-refractivity contribution in [2.75, 3.05) is 27.8 Å². The normalized spacial score (nSPS) is 17.1. The van der Waals surface area contributed by atoms with Gasteiger partial charge >= 0.3 is 11.7 Å². The van der Waals surface area contributed by atoms with Gasteiger partial charge in [0.1, 0.15) is 6.17 Å². The predicted molar refractivity (Wildman–Crippen MR) is 194 cm³/mol. The Hall–Kier alpha value is -3.30. The smallest absolute Gasteiger partial charge is 0.332 e. The molecule has 6 rings (SSSR count). The molecule has 0 bridgehead atoms. The molecule has 0 saturated carbocycles. The summed E-state index contributed by atoms with van der Waals surface area (Å²) in [6.07, 6.45) is 1.94. The zero-order valence-corrected chi connectivity index (χ0v) is 31.7. The van der Waals surface area contributed by atoms with Crippen LogP contribution in [0.5, 0.6) is 0 Å². The summed E-state index contributed by atoms with van der Waals surface area (Å²) in [6.45, 7) is 1.33. The van der Waals surface area contributed by atoms with Crippen LogP contribution in [0.4, 0.5) is 4.79 Å². The van der Waals surface area contributed by atoms with Gasteiger partial charge in [0.25, 0.3) is 5.56 Å². The molecule has 0 spiro atoms. The van der Waals surface area contributed by atoms with Crippen molar-refractivity contribution in [2.24, 2.45) is 25.0 Å². The van der Waals surface area contributed by atoms with E-state index in [2.05, 4.69) is 41.8 Å². The van der Waals surface area contributed by atoms with Crippen molar-refractivity contribution in [3.63, 3.8) is 0 Å². The molecule has 4 heterocycles. The van der Waals surface area contributed by atoms with Crippen molar-refractivity contribution in [1.29, 1.82) is 0 Å². The number of ether oxygens (including phenoxy) is 1. The van der Waals surface area contributed by atoms with Crippen LogP contribution in [0.25, 0.3) is 11.2 Å². The molecule has 2 unspecified atom stereocenters. The van der Waals surface area contributed by atoms with E-state index < -0.39 is 5.69 Å². The van der Waals surface area contributed by atoms with E-state index in [4.69, 9.17) is 27.9 Å². The van der Waals surface area contributed by atoms with Crippen LogP contribution in [-0.4, -0.2) is 79.0 Å². The van der Waals surface area contributed by atoms with E-state index in [-0.39, 0.29) is 29.6 Å². The Balaban J connectivity index is 0.000000177. The van der Waals surface area contributed by atoms with Gasteiger partial charge in [0, 0.05) is 58.3 Å². The molecule has 4 aromatic rings. The van der Waals surface area contributed by atoms with Crippen LogP contribution < -0.4 is 11.2 Å². The van der Waals surface area contributed by atoms with E-state index in [1.807, 2.05) is 48.5 Å². The average molecular weight is 828 g/mol. The lowest BCUT2D eigenvalue weighted by molar-refractivity contribution is -0.136. The molecule has 2 aliphatic heterocycles. The third-order valence-electron chi connectivity index (χ3n) is 8.00. The number of amides is 3. The number of nitrogens with zero attached hydrogens (tertiary/aromatic N) is 7. The first kappa shape index (κ1) is 37.5. The molecular weight excluding hydrogens is 793 g/mol. The van der Waals surface area contributed by atoms with Gasteiger partial charge in [0.05, 0.1) is 17.1 Å². The lowest BCUT2D eigenvalue weighted by Crippen LogP contribution is -2.57. The fourth-order valence-corrected chi connectivity index (χ4v) is 6.56. The summed E-state index contributed by atoms with van der Waals surface area (Å²) >= 11 is 18.2. The van der Waals surface area contributed by atoms with Gasteiger partial charge in [-0.3, -0.25) is 28.6 Å². The number of fused-ring (bicyclic) bond motifs is 2. The Morgan fingerprint density at radius 2 is 1.42 bits per heavy atom. The van der Waals surface area contributed by atoms with Gasteiger partial charge in [-0.25, -0.2) is 14.6 Å². The number of imidazole rings is 1. The summed E-state index contributed by atoms with van der Waals surface area (Å²) in [4.78, 5) is 58.8. The molecule has 0 radical (unpaired) electrons. The summed E-state index contributed by atoms with van der Waals surface area (Å²) in [5.74, 6) is -0.353. The second-order valence-corrected chi connectivity index (χ2v) is 13.7. The first-order valence-corrected chi connectivity index (χ1v) is 17.1. The maximum absolute atomic E-state index is 12.4. The number of imide groups is 1. The van der Waals surface area contributed by atoms with E-state index in [1.165, 1.54) is 29.1 Å². The molecule has 1 saturated heterocycles. The first-order chi connectivity index (χ1) is 22.7. The Kier molecular flexibility index (Phi) is 12.8. The summed E-state index contributed by atoms with van der Waals surface area (Å²) < 4.78 is 10.5. The van der Waals surface area contributed by atoms with Gasteiger partial charge in [0.15, 0.2) is 15.9 Å². The van der Waals surface area contributed by atoms with Crippen LogP contribution in [0.1, 0.15) is 17.5 Å². The molecule has 2 aliphatic rings. The van der Waals surface area contributed by atoms with Crippen LogP contribution in [0, 0.1) is 5.92 Å². The van der Waals surface area contributed by atoms with E-state index in [9.17, 15) is 19.2 Å². The minimum absolute atomic E-state index is 0.142. The molecule has 0 N–H and O–H groups in total. The zero-order valence-electron chi connectivity index (χ0n) is 27.0. The summed E-state index contributed by atoms with van der Waals surface area (Å²) in [6, 6.07) is 15.1. The van der Waals surface area contributed by atoms with Crippen molar-refractivity contribution < 1.29 is 14.3 Å². The number of carbonyl (C=O) groups is 2. The van der Waals surface area contributed by atoms with E-state index in [0.717, 1.165) is 37.7 Å². The Morgan fingerprint density at radius 1 is 0.854 bits per heavy atom. The number of urea groups is 1. The quantitative estimate of drug-likeness (QED) is 0.244. The number of rotatable bonds is 6. The molecule has 2 aromatic heterocycles. The third kappa shape index (κ3) is 8.46. The van der Waals surface area contributed by atoms with Crippen molar-refractivity contribution in [3.8, 4) is 0 Å². The predicted octanol–water partition coefficient (Wildman–Crippen LogP) is 5.27. The Labute approximate surface area is 304 Å². The van der Waals surface area contributed by atoms with Crippen molar-refractivity contribution in [1.82, 2.24) is 28.5 Å². The van der Waals surface area contributed by atoms with E-state index in [1.54, 1.807) is 25.8 Å². The Morgan fingerprint density at radius 3 is 1.98 bits per heavy atom. The number of hydrogen-bond acceptors (Lipinski definition) is 7. The van der Waals surface area contributed by atoms with Crippen LogP contribution in [0.15, 0.2) is 67.8 Å². The number of aliphatic imine (C=N–C) groups is 1. The maximum atomic E-state index is 12.4. The molecule has 256 valence electrons. The fourth-order valence-electron chi connectivity index (χ4n) is 5.22. The highest BCUT2D eigenvalue weighted by atomic mass is 79.9. The van der Waals surface area contributed by atoms with Crippen LogP contribution in [-0.2, 0) is 43.0 Å². The zero-order chi connectivity index (χ0) is 35.3. The molecular formula is C32H35Br2Cl2N7O5. The van der Waals surface area contributed by atoms with Gasteiger partial charge in [0.2, 0.25) is 5.91 Å². The Bertz CT molecular complexity index is 1940.